The molecule has 7 nitrogen and oxygen atoms in total. The molecule has 0 spiro atoms. The summed E-state index contributed by atoms with van der Waals surface area (Å²) in [5.74, 6) is 0.594. The Bertz CT molecular complexity index is 1160. The highest BCUT2D eigenvalue weighted by Crippen LogP contribution is 2.29. The molecule has 0 bridgehead atoms. The van der Waals surface area contributed by atoms with E-state index in [2.05, 4.69) is 10.0 Å². The summed E-state index contributed by atoms with van der Waals surface area (Å²) in [4.78, 5) is 12.7. The van der Waals surface area contributed by atoms with E-state index in [-0.39, 0.29) is 16.1 Å². The predicted molar refractivity (Wildman–Crippen MR) is 116 cm³/mol. The topological polar surface area (TPSA) is 93.7 Å². The van der Waals surface area contributed by atoms with Gasteiger partial charge in [0, 0.05) is 22.3 Å². The predicted octanol–water partition coefficient (Wildman–Crippen LogP) is 4.41. The monoisotopic (exact) mass is 446 g/mol. The number of methoxy groups -OCH3 is 2. The molecule has 0 heterocycles. The highest BCUT2D eigenvalue weighted by molar-refractivity contribution is 7.92. The van der Waals surface area contributed by atoms with Crippen molar-refractivity contribution in [2.75, 3.05) is 24.3 Å². The Labute approximate surface area is 179 Å². The molecule has 0 aromatic heterocycles. The van der Waals surface area contributed by atoms with Crippen LogP contribution in [0.15, 0.2) is 71.6 Å². The summed E-state index contributed by atoms with van der Waals surface area (Å²) in [7, 11) is -0.810. The van der Waals surface area contributed by atoms with Crippen molar-refractivity contribution in [3.63, 3.8) is 0 Å². The number of halogens is 1. The average molecular weight is 447 g/mol. The molecule has 0 atom stereocenters. The second-order valence-electron chi connectivity index (χ2n) is 6.16. The van der Waals surface area contributed by atoms with Crippen LogP contribution in [0.4, 0.5) is 11.4 Å². The van der Waals surface area contributed by atoms with Gasteiger partial charge >= 0.3 is 0 Å². The van der Waals surface area contributed by atoms with Crippen LogP contribution in [-0.4, -0.2) is 28.5 Å². The smallest absolute Gasteiger partial charge is 0.261 e. The number of hydrogen-bond acceptors (Lipinski definition) is 5. The first-order valence-corrected chi connectivity index (χ1v) is 10.6. The van der Waals surface area contributed by atoms with Crippen LogP contribution in [0.5, 0.6) is 11.5 Å². The molecule has 3 aromatic rings. The minimum absolute atomic E-state index is 0.0599. The van der Waals surface area contributed by atoms with E-state index >= 15 is 0 Å². The van der Waals surface area contributed by atoms with Crippen LogP contribution in [0, 0.1) is 0 Å². The fourth-order valence-corrected chi connectivity index (χ4v) is 3.82. The summed E-state index contributed by atoms with van der Waals surface area (Å²) in [6.45, 7) is 0. The first-order valence-electron chi connectivity index (χ1n) is 8.74. The Kier molecular flexibility index (Phi) is 6.49. The van der Waals surface area contributed by atoms with Gasteiger partial charge in [-0.25, -0.2) is 8.42 Å². The van der Waals surface area contributed by atoms with Crippen molar-refractivity contribution >= 4 is 38.9 Å². The lowest BCUT2D eigenvalue weighted by atomic mass is 10.2. The molecule has 0 aliphatic rings. The lowest BCUT2D eigenvalue weighted by Gasteiger charge is -2.13. The fraction of sp³-hybridized carbons (Fsp3) is 0.0952. The summed E-state index contributed by atoms with van der Waals surface area (Å²) >= 11 is 5.81. The van der Waals surface area contributed by atoms with E-state index in [4.69, 9.17) is 21.1 Å². The van der Waals surface area contributed by atoms with Gasteiger partial charge in [-0.15, -0.1) is 0 Å². The van der Waals surface area contributed by atoms with E-state index in [1.165, 1.54) is 44.6 Å². The van der Waals surface area contributed by atoms with Crippen LogP contribution in [0.25, 0.3) is 0 Å². The summed E-state index contributed by atoms with van der Waals surface area (Å²) in [6, 6.07) is 16.9. The minimum atomic E-state index is -3.82. The quantitative estimate of drug-likeness (QED) is 0.560. The van der Waals surface area contributed by atoms with Gasteiger partial charge in [0.05, 0.1) is 24.8 Å². The van der Waals surface area contributed by atoms with Crippen LogP contribution in [0.2, 0.25) is 5.02 Å². The van der Waals surface area contributed by atoms with E-state index in [1.807, 2.05) is 0 Å². The third-order valence-electron chi connectivity index (χ3n) is 4.16. The molecule has 30 heavy (non-hydrogen) atoms. The zero-order valence-electron chi connectivity index (χ0n) is 16.2. The Morgan fingerprint density at radius 2 is 1.67 bits per heavy atom. The molecule has 0 unspecified atom stereocenters. The molecular weight excluding hydrogens is 428 g/mol. The molecule has 3 aromatic carbocycles. The Morgan fingerprint density at radius 3 is 2.33 bits per heavy atom. The number of rotatable bonds is 7. The molecule has 0 saturated carbocycles. The second kappa shape index (κ2) is 9.06. The van der Waals surface area contributed by atoms with E-state index in [1.54, 1.807) is 36.4 Å². The molecule has 2 N–H and O–H groups in total. The van der Waals surface area contributed by atoms with Crippen molar-refractivity contribution in [3.8, 4) is 11.5 Å². The van der Waals surface area contributed by atoms with Crippen molar-refractivity contribution in [1.82, 2.24) is 0 Å². The molecule has 156 valence electrons. The molecule has 0 saturated heterocycles. The lowest BCUT2D eigenvalue weighted by Crippen LogP contribution is -2.15. The van der Waals surface area contributed by atoms with E-state index in [9.17, 15) is 13.2 Å². The zero-order valence-corrected chi connectivity index (χ0v) is 17.8. The lowest BCUT2D eigenvalue weighted by molar-refractivity contribution is 0.102. The SMILES string of the molecule is COc1ccc(NC(=O)c2cccc(NS(=O)(=O)c3ccc(Cl)cc3)c2)c(OC)c1. The molecule has 1 amide bonds. The van der Waals surface area contributed by atoms with Crippen molar-refractivity contribution < 1.29 is 22.7 Å². The van der Waals surface area contributed by atoms with Crippen LogP contribution in [0.1, 0.15) is 10.4 Å². The number of anilines is 2. The number of amides is 1. The Balaban J connectivity index is 1.80. The number of hydrogen-bond donors (Lipinski definition) is 2. The van der Waals surface area contributed by atoms with Gasteiger partial charge in [-0.2, -0.15) is 0 Å². The number of carbonyl (C=O) groups excluding carboxylic acids is 1. The van der Waals surface area contributed by atoms with Crippen LogP contribution in [0.3, 0.4) is 0 Å². The van der Waals surface area contributed by atoms with E-state index in [0.29, 0.717) is 22.2 Å². The van der Waals surface area contributed by atoms with Crippen molar-refractivity contribution in [3.05, 3.63) is 77.3 Å². The highest BCUT2D eigenvalue weighted by Gasteiger charge is 2.16. The van der Waals surface area contributed by atoms with Crippen molar-refractivity contribution in [1.29, 1.82) is 0 Å². The zero-order chi connectivity index (χ0) is 21.7. The number of carbonyl (C=O) groups is 1. The van der Waals surface area contributed by atoms with Gasteiger partial charge in [0.25, 0.3) is 15.9 Å². The van der Waals surface area contributed by atoms with Crippen molar-refractivity contribution in [2.45, 2.75) is 4.90 Å². The van der Waals surface area contributed by atoms with Crippen LogP contribution < -0.4 is 19.5 Å². The summed E-state index contributed by atoms with van der Waals surface area (Å²) < 4.78 is 38.0. The van der Waals surface area contributed by atoms with Gasteiger partial charge in [-0.1, -0.05) is 17.7 Å². The third kappa shape index (κ3) is 5.03. The number of nitrogens with one attached hydrogen (secondary N) is 2. The Hall–Kier alpha value is -3.23. The Morgan fingerprint density at radius 1 is 0.933 bits per heavy atom. The van der Waals surface area contributed by atoms with E-state index in [0.717, 1.165) is 0 Å². The minimum Gasteiger partial charge on any atom is -0.497 e. The average Bonchev–Trinajstić information content (AvgIpc) is 2.74. The molecular formula is C21H19ClN2O5S. The largest absolute Gasteiger partial charge is 0.497 e. The highest BCUT2D eigenvalue weighted by atomic mass is 35.5. The molecule has 0 aliphatic heterocycles. The normalized spacial score (nSPS) is 10.9. The number of ether oxygens (including phenoxy) is 2. The first kappa shape index (κ1) is 21.5. The third-order valence-corrected chi connectivity index (χ3v) is 5.81. The number of benzene rings is 3. The van der Waals surface area contributed by atoms with Gasteiger partial charge in [-0.3, -0.25) is 9.52 Å². The maximum absolute atomic E-state index is 12.7. The molecule has 0 aliphatic carbocycles. The van der Waals surface area contributed by atoms with Gasteiger partial charge in [0.1, 0.15) is 11.5 Å². The van der Waals surface area contributed by atoms with Gasteiger partial charge < -0.3 is 14.8 Å². The second-order valence-corrected chi connectivity index (χ2v) is 8.28. The van der Waals surface area contributed by atoms with Gasteiger partial charge in [0.2, 0.25) is 0 Å². The van der Waals surface area contributed by atoms with E-state index < -0.39 is 15.9 Å². The first-order chi connectivity index (χ1) is 14.3. The van der Waals surface area contributed by atoms with Crippen LogP contribution >= 0.6 is 11.6 Å². The maximum Gasteiger partial charge on any atom is 0.261 e. The standard InChI is InChI=1S/C21H19ClN2O5S/c1-28-17-8-11-19(20(13-17)29-2)23-21(25)14-4-3-5-16(12-14)24-30(26,27)18-9-6-15(22)7-10-18/h3-13,24H,1-2H3,(H,23,25). The fourth-order valence-electron chi connectivity index (χ4n) is 2.65. The molecule has 3 rings (SSSR count). The maximum atomic E-state index is 12.7. The summed E-state index contributed by atoms with van der Waals surface area (Å²) in [5, 5.41) is 3.18. The molecule has 0 fully saturated rings. The molecule has 0 radical (unpaired) electrons. The number of sulfonamides is 1. The van der Waals surface area contributed by atoms with Gasteiger partial charge in [0.15, 0.2) is 0 Å². The summed E-state index contributed by atoms with van der Waals surface area (Å²) in [6.07, 6.45) is 0. The van der Waals surface area contributed by atoms with Crippen molar-refractivity contribution in [2.24, 2.45) is 0 Å². The van der Waals surface area contributed by atoms with Crippen LogP contribution in [-0.2, 0) is 10.0 Å². The van der Waals surface area contributed by atoms with Gasteiger partial charge in [-0.05, 0) is 54.6 Å². The summed E-state index contributed by atoms with van der Waals surface area (Å²) in [5.41, 5.74) is 0.971. The molecule has 9 heteroatoms.